The Morgan fingerprint density at radius 3 is 2.86 bits per heavy atom. The molecule has 0 fully saturated rings. The zero-order valence-corrected chi connectivity index (χ0v) is 15.0. The van der Waals surface area contributed by atoms with E-state index in [0.717, 1.165) is 27.9 Å². The summed E-state index contributed by atoms with van der Waals surface area (Å²) in [6.45, 7) is 0.650. The molecule has 4 aromatic rings. The number of hydrogen-bond donors (Lipinski definition) is 2. The normalized spacial score (nSPS) is 15.9. The van der Waals surface area contributed by atoms with E-state index in [9.17, 15) is 4.79 Å². The zero-order chi connectivity index (χ0) is 18.9. The van der Waals surface area contributed by atoms with Gasteiger partial charge < -0.3 is 5.32 Å². The van der Waals surface area contributed by atoms with E-state index in [1.54, 1.807) is 18.6 Å². The number of rotatable bonds is 4. The fourth-order valence-electron chi connectivity index (χ4n) is 3.84. The standard InChI is InChI=1S/C21H18N6O/c28-18-11-17(16-7-2-1-5-15(16)13-27-10-4-9-23-27)19-20(25-26-21(19)24-18)14-6-3-8-22-12-14/h1-10,12,17H,11,13H2,(H2,24,25,26,28). The number of nitrogens with one attached hydrogen (secondary N) is 2. The summed E-state index contributed by atoms with van der Waals surface area (Å²) in [5, 5.41) is 14.7. The summed E-state index contributed by atoms with van der Waals surface area (Å²) in [5.41, 5.74) is 5.08. The largest absolute Gasteiger partial charge is 0.309 e. The van der Waals surface area contributed by atoms with E-state index >= 15 is 0 Å². The Hall–Kier alpha value is -3.74. The van der Waals surface area contributed by atoms with Crippen molar-refractivity contribution in [1.82, 2.24) is 25.0 Å². The number of H-pyrrole nitrogens is 1. The summed E-state index contributed by atoms with van der Waals surface area (Å²) in [6, 6.07) is 14.0. The number of carbonyl (C=O) groups is 1. The molecule has 0 saturated heterocycles. The Morgan fingerprint density at radius 1 is 1.11 bits per heavy atom. The summed E-state index contributed by atoms with van der Waals surface area (Å²) in [4.78, 5) is 16.6. The predicted octanol–water partition coefficient (Wildman–Crippen LogP) is 3.19. The number of carbonyl (C=O) groups excluding carboxylic acids is 1. The van der Waals surface area contributed by atoms with Gasteiger partial charge in [0.05, 0.1) is 12.2 Å². The van der Waals surface area contributed by atoms with Gasteiger partial charge in [0.15, 0.2) is 5.82 Å². The van der Waals surface area contributed by atoms with E-state index < -0.39 is 0 Å². The molecule has 0 spiro atoms. The van der Waals surface area contributed by atoms with Gasteiger partial charge in [-0.2, -0.15) is 10.2 Å². The minimum atomic E-state index is -0.0931. The maximum absolute atomic E-state index is 12.4. The summed E-state index contributed by atoms with van der Waals surface area (Å²) in [5.74, 6) is 0.467. The van der Waals surface area contributed by atoms with Crippen molar-refractivity contribution in [2.75, 3.05) is 5.32 Å². The van der Waals surface area contributed by atoms with Gasteiger partial charge in [0.1, 0.15) is 0 Å². The van der Waals surface area contributed by atoms with Gasteiger partial charge in [0, 0.05) is 48.3 Å². The monoisotopic (exact) mass is 370 g/mol. The number of fused-ring (bicyclic) bond motifs is 1. The predicted molar refractivity (Wildman–Crippen MR) is 105 cm³/mol. The molecule has 1 unspecified atom stereocenters. The van der Waals surface area contributed by atoms with E-state index in [4.69, 9.17) is 0 Å². The van der Waals surface area contributed by atoms with Gasteiger partial charge in [-0.1, -0.05) is 24.3 Å². The molecule has 138 valence electrons. The fraction of sp³-hybridized carbons (Fsp3) is 0.143. The Bertz CT molecular complexity index is 1120. The van der Waals surface area contributed by atoms with Crippen molar-refractivity contribution in [1.29, 1.82) is 0 Å². The van der Waals surface area contributed by atoms with Crippen molar-refractivity contribution in [3.05, 3.63) is 83.9 Å². The average Bonchev–Trinajstić information content (AvgIpc) is 3.38. The van der Waals surface area contributed by atoms with Crippen molar-refractivity contribution in [3.8, 4) is 11.3 Å². The van der Waals surface area contributed by atoms with Crippen LogP contribution in [0.5, 0.6) is 0 Å². The maximum Gasteiger partial charge on any atom is 0.226 e. The molecule has 1 aromatic carbocycles. The highest BCUT2D eigenvalue weighted by atomic mass is 16.1. The average molecular weight is 370 g/mol. The van der Waals surface area contributed by atoms with E-state index in [1.165, 1.54) is 0 Å². The fourth-order valence-corrected chi connectivity index (χ4v) is 3.84. The lowest BCUT2D eigenvalue weighted by Crippen LogP contribution is -2.24. The molecular formula is C21H18N6O. The van der Waals surface area contributed by atoms with Gasteiger partial charge in [-0.05, 0) is 29.3 Å². The molecule has 1 atom stereocenters. The minimum absolute atomic E-state index is 0.0318. The lowest BCUT2D eigenvalue weighted by Gasteiger charge is -2.25. The molecule has 1 aliphatic rings. The van der Waals surface area contributed by atoms with Crippen molar-refractivity contribution in [2.45, 2.75) is 18.9 Å². The van der Waals surface area contributed by atoms with Crippen molar-refractivity contribution in [3.63, 3.8) is 0 Å². The molecule has 1 amide bonds. The van der Waals surface area contributed by atoms with Crippen LogP contribution in [0.15, 0.2) is 67.3 Å². The number of anilines is 1. The first-order valence-corrected chi connectivity index (χ1v) is 9.13. The van der Waals surface area contributed by atoms with Crippen LogP contribution in [-0.2, 0) is 11.3 Å². The molecule has 0 aliphatic carbocycles. The van der Waals surface area contributed by atoms with Crippen LogP contribution in [0.3, 0.4) is 0 Å². The third-order valence-electron chi connectivity index (χ3n) is 5.07. The highest BCUT2D eigenvalue weighted by Gasteiger charge is 2.33. The SMILES string of the molecule is O=C1CC(c2ccccc2Cn2cccn2)c2c(n[nH]c2-c2cccnc2)N1. The molecule has 7 nitrogen and oxygen atoms in total. The van der Waals surface area contributed by atoms with Crippen LogP contribution in [0.25, 0.3) is 11.3 Å². The summed E-state index contributed by atoms with van der Waals surface area (Å²) in [6.07, 6.45) is 7.62. The summed E-state index contributed by atoms with van der Waals surface area (Å²) in [7, 11) is 0. The van der Waals surface area contributed by atoms with Crippen LogP contribution >= 0.6 is 0 Å². The zero-order valence-electron chi connectivity index (χ0n) is 15.0. The van der Waals surface area contributed by atoms with Gasteiger partial charge in [0.25, 0.3) is 0 Å². The Kier molecular flexibility index (Phi) is 3.97. The van der Waals surface area contributed by atoms with Gasteiger partial charge in [-0.25, -0.2) is 0 Å². The van der Waals surface area contributed by atoms with Crippen LogP contribution < -0.4 is 5.32 Å². The van der Waals surface area contributed by atoms with E-state index in [1.807, 2.05) is 41.2 Å². The van der Waals surface area contributed by atoms with Crippen LogP contribution in [0, 0.1) is 0 Å². The second-order valence-corrected chi connectivity index (χ2v) is 6.81. The number of benzene rings is 1. The Balaban J connectivity index is 1.63. The first kappa shape index (κ1) is 16.4. The molecule has 0 bridgehead atoms. The van der Waals surface area contributed by atoms with Crippen molar-refractivity contribution >= 4 is 11.7 Å². The van der Waals surface area contributed by atoms with Crippen LogP contribution in [-0.4, -0.2) is 30.9 Å². The van der Waals surface area contributed by atoms with Crippen LogP contribution in [0.4, 0.5) is 5.82 Å². The number of aromatic amines is 1. The molecule has 28 heavy (non-hydrogen) atoms. The third kappa shape index (κ3) is 2.87. The third-order valence-corrected chi connectivity index (χ3v) is 5.07. The Labute approximate surface area is 161 Å². The van der Waals surface area contributed by atoms with E-state index in [-0.39, 0.29) is 11.8 Å². The molecular weight excluding hydrogens is 352 g/mol. The first-order valence-electron chi connectivity index (χ1n) is 9.13. The smallest absolute Gasteiger partial charge is 0.226 e. The highest BCUT2D eigenvalue weighted by molar-refractivity contribution is 5.96. The molecule has 1 aliphatic heterocycles. The minimum Gasteiger partial charge on any atom is -0.309 e. The second kappa shape index (κ2) is 6.77. The van der Waals surface area contributed by atoms with Gasteiger partial charge in [0.2, 0.25) is 5.91 Å². The quantitative estimate of drug-likeness (QED) is 0.577. The number of aromatic nitrogens is 5. The van der Waals surface area contributed by atoms with Crippen LogP contribution in [0.2, 0.25) is 0 Å². The number of nitrogens with zero attached hydrogens (tertiary/aromatic N) is 4. The summed E-state index contributed by atoms with van der Waals surface area (Å²) >= 11 is 0. The second-order valence-electron chi connectivity index (χ2n) is 6.81. The number of hydrogen-bond acceptors (Lipinski definition) is 4. The van der Waals surface area contributed by atoms with Gasteiger partial charge in [-0.15, -0.1) is 0 Å². The van der Waals surface area contributed by atoms with Crippen LogP contribution in [0.1, 0.15) is 29.0 Å². The first-order chi connectivity index (χ1) is 13.8. The van der Waals surface area contributed by atoms with Crippen molar-refractivity contribution in [2.24, 2.45) is 0 Å². The molecule has 7 heteroatoms. The molecule has 4 heterocycles. The maximum atomic E-state index is 12.4. The number of amides is 1. The van der Waals surface area contributed by atoms with E-state index in [2.05, 4.69) is 37.7 Å². The molecule has 5 rings (SSSR count). The molecule has 2 N–H and O–H groups in total. The lowest BCUT2D eigenvalue weighted by molar-refractivity contribution is -0.116. The topological polar surface area (TPSA) is 88.5 Å². The van der Waals surface area contributed by atoms with Crippen molar-refractivity contribution < 1.29 is 4.79 Å². The summed E-state index contributed by atoms with van der Waals surface area (Å²) < 4.78 is 1.89. The van der Waals surface area contributed by atoms with E-state index in [0.29, 0.717) is 18.8 Å². The molecule has 0 radical (unpaired) electrons. The Morgan fingerprint density at radius 2 is 2.04 bits per heavy atom. The lowest BCUT2D eigenvalue weighted by atomic mass is 9.82. The molecule has 0 saturated carbocycles. The highest BCUT2D eigenvalue weighted by Crippen LogP contribution is 2.42. The molecule has 3 aromatic heterocycles. The van der Waals surface area contributed by atoms with Gasteiger partial charge >= 0.3 is 0 Å². The van der Waals surface area contributed by atoms with Gasteiger partial charge in [-0.3, -0.25) is 19.6 Å². The number of pyridine rings is 1.